The van der Waals surface area contributed by atoms with E-state index in [1.54, 1.807) is 7.11 Å². The Morgan fingerprint density at radius 2 is 1.77 bits per heavy atom. The third-order valence-electron chi connectivity index (χ3n) is 4.18. The normalized spacial score (nSPS) is 10.6. The van der Waals surface area contributed by atoms with Gasteiger partial charge in [-0.3, -0.25) is 4.79 Å². The van der Waals surface area contributed by atoms with Crippen LogP contribution in [0.5, 0.6) is 11.5 Å². The molecule has 0 heterocycles. The minimum absolute atomic E-state index is 0. The number of aliphatic imine (C=N–C) groups is 1. The van der Waals surface area contributed by atoms with Gasteiger partial charge in [0, 0.05) is 30.4 Å². The van der Waals surface area contributed by atoms with Crippen LogP contribution in [0.15, 0.2) is 47.5 Å². The lowest BCUT2D eigenvalue weighted by Crippen LogP contribution is -2.30. The molecule has 0 unspecified atom stereocenters. The van der Waals surface area contributed by atoms with E-state index in [1.807, 2.05) is 63.2 Å². The number of ether oxygens (including phenoxy) is 2. The Bertz CT molecular complexity index is 858. The molecule has 31 heavy (non-hydrogen) atoms. The van der Waals surface area contributed by atoms with E-state index in [0.29, 0.717) is 37.0 Å². The number of hydrogen-bond donors (Lipinski definition) is 3. The topological polar surface area (TPSA) is 84.0 Å². The summed E-state index contributed by atoms with van der Waals surface area (Å²) in [5.74, 6) is 2.05. The van der Waals surface area contributed by atoms with Crippen molar-refractivity contribution >= 4 is 47.2 Å². The van der Waals surface area contributed by atoms with Gasteiger partial charge in [-0.25, -0.2) is 4.99 Å². The molecule has 0 aliphatic heterocycles. The van der Waals surface area contributed by atoms with E-state index in [9.17, 15) is 4.79 Å². The first kappa shape index (κ1) is 26.5. The summed E-state index contributed by atoms with van der Waals surface area (Å²) in [6.07, 6.45) is 1.34. The highest BCUT2D eigenvalue weighted by atomic mass is 127. The zero-order valence-electron chi connectivity index (χ0n) is 18.7. The van der Waals surface area contributed by atoms with Crippen molar-refractivity contribution in [3.8, 4) is 11.5 Å². The Morgan fingerprint density at radius 3 is 2.45 bits per heavy atom. The number of methoxy groups -OCH3 is 1. The van der Waals surface area contributed by atoms with Crippen LogP contribution in [0.1, 0.15) is 39.2 Å². The Balaban J connectivity index is 0.00000480. The highest BCUT2D eigenvalue weighted by Crippen LogP contribution is 2.30. The van der Waals surface area contributed by atoms with Crippen molar-refractivity contribution in [2.24, 2.45) is 4.99 Å². The second-order valence-corrected chi connectivity index (χ2v) is 6.62. The van der Waals surface area contributed by atoms with Crippen molar-refractivity contribution in [2.45, 2.75) is 40.2 Å². The first-order valence-electron chi connectivity index (χ1n) is 10.3. The number of carbonyl (C=O) groups is 1. The van der Waals surface area contributed by atoms with E-state index in [4.69, 9.17) is 9.47 Å². The summed E-state index contributed by atoms with van der Waals surface area (Å²) in [7, 11) is 1.62. The molecule has 8 heteroatoms. The minimum Gasteiger partial charge on any atom is -0.493 e. The Labute approximate surface area is 202 Å². The average Bonchev–Trinajstić information content (AvgIpc) is 2.74. The molecule has 0 aromatic heterocycles. The lowest BCUT2D eigenvalue weighted by atomic mass is 10.2. The maximum absolute atomic E-state index is 11.8. The molecule has 0 aliphatic rings. The van der Waals surface area contributed by atoms with Gasteiger partial charge in [0.15, 0.2) is 17.5 Å². The van der Waals surface area contributed by atoms with Gasteiger partial charge in [0.05, 0.1) is 20.3 Å². The van der Waals surface area contributed by atoms with Crippen LogP contribution >= 0.6 is 24.0 Å². The van der Waals surface area contributed by atoms with Crippen molar-refractivity contribution in [2.75, 3.05) is 30.9 Å². The second kappa shape index (κ2) is 14.5. The fourth-order valence-electron chi connectivity index (χ4n) is 2.83. The van der Waals surface area contributed by atoms with Crippen LogP contribution in [-0.4, -0.2) is 32.1 Å². The quantitative estimate of drug-likeness (QED) is 0.224. The van der Waals surface area contributed by atoms with Crippen LogP contribution in [-0.2, 0) is 11.3 Å². The van der Waals surface area contributed by atoms with Crippen molar-refractivity contribution in [1.29, 1.82) is 0 Å². The van der Waals surface area contributed by atoms with E-state index in [0.717, 1.165) is 29.9 Å². The Morgan fingerprint density at radius 1 is 1.00 bits per heavy atom. The summed E-state index contributed by atoms with van der Waals surface area (Å²) < 4.78 is 11.0. The average molecular weight is 540 g/mol. The van der Waals surface area contributed by atoms with E-state index < -0.39 is 0 Å². The number of anilines is 2. The van der Waals surface area contributed by atoms with Gasteiger partial charge < -0.3 is 25.4 Å². The zero-order chi connectivity index (χ0) is 21.8. The molecule has 2 aromatic carbocycles. The first-order valence-corrected chi connectivity index (χ1v) is 10.3. The van der Waals surface area contributed by atoms with Crippen LogP contribution in [0.25, 0.3) is 0 Å². The monoisotopic (exact) mass is 540 g/mol. The maximum Gasteiger partial charge on any atom is 0.224 e. The van der Waals surface area contributed by atoms with Gasteiger partial charge in [-0.2, -0.15) is 0 Å². The Kier molecular flexibility index (Phi) is 12.4. The summed E-state index contributed by atoms with van der Waals surface area (Å²) in [5.41, 5.74) is 2.64. The number of amides is 1. The summed E-state index contributed by atoms with van der Waals surface area (Å²) in [5, 5.41) is 9.45. The van der Waals surface area contributed by atoms with Gasteiger partial charge in [0.1, 0.15) is 0 Å². The predicted octanol–water partition coefficient (Wildman–Crippen LogP) is 5.03. The van der Waals surface area contributed by atoms with E-state index in [2.05, 4.69) is 20.9 Å². The lowest BCUT2D eigenvalue weighted by molar-refractivity contribution is -0.116. The molecule has 0 saturated carbocycles. The molecule has 2 aromatic rings. The van der Waals surface area contributed by atoms with Gasteiger partial charge in [0.2, 0.25) is 5.91 Å². The van der Waals surface area contributed by atoms with Gasteiger partial charge in [-0.1, -0.05) is 19.1 Å². The summed E-state index contributed by atoms with van der Waals surface area (Å²) >= 11 is 0. The Hall–Kier alpha value is -2.49. The van der Waals surface area contributed by atoms with Crippen molar-refractivity contribution in [1.82, 2.24) is 5.32 Å². The van der Waals surface area contributed by atoms with Crippen LogP contribution in [0.4, 0.5) is 11.4 Å². The van der Waals surface area contributed by atoms with E-state index in [1.165, 1.54) is 0 Å². The van der Waals surface area contributed by atoms with Crippen LogP contribution in [0, 0.1) is 0 Å². The fourth-order valence-corrected chi connectivity index (χ4v) is 2.83. The number of rotatable bonds is 10. The highest BCUT2D eigenvalue weighted by molar-refractivity contribution is 14.0. The molecule has 3 N–H and O–H groups in total. The van der Waals surface area contributed by atoms with Crippen molar-refractivity contribution in [3.05, 3.63) is 48.0 Å². The minimum atomic E-state index is 0. The SMILES string of the molecule is CCCC(=O)Nc1cccc(CN=C(NCC)Nc2ccc(OCC)c(OC)c2)c1.I. The smallest absolute Gasteiger partial charge is 0.224 e. The molecule has 7 nitrogen and oxygen atoms in total. The predicted molar refractivity (Wildman–Crippen MR) is 138 cm³/mol. The summed E-state index contributed by atoms with van der Waals surface area (Å²) in [4.78, 5) is 16.5. The van der Waals surface area contributed by atoms with Gasteiger partial charge in [0.25, 0.3) is 0 Å². The van der Waals surface area contributed by atoms with E-state index >= 15 is 0 Å². The highest BCUT2D eigenvalue weighted by Gasteiger charge is 2.07. The molecule has 0 fully saturated rings. The van der Waals surface area contributed by atoms with Crippen LogP contribution < -0.4 is 25.4 Å². The number of nitrogens with zero attached hydrogens (tertiary/aromatic N) is 1. The molecule has 0 atom stereocenters. The van der Waals surface area contributed by atoms with Gasteiger partial charge in [-0.15, -0.1) is 24.0 Å². The molecular formula is C23H33IN4O3. The van der Waals surface area contributed by atoms with Crippen LogP contribution in [0.3, 0.4) is 0 Å². The number of hydrogen-bond acceptors (Lipinski definition) is 4. The third-order valence-corrected chi connectivity index (χ3v) is 4.18. The molecular weight excluding hydrogens is 507 g/mol. The van der Waals surface area contributed by atoms with Gasteiger partial charge in [-0.05, 0) is 50.1 Å². The third kappa shape index (κ3) is 9.04. The molecule has 1 amide bonds. The second-order valence-electron chi connectivity index (χ2n) is 6.62. The maximum atomic E-state index is 11.8. The number of halogens is 1. The summed E-state index contributed by atoms with van der Waals surface area (Å²) in [6.45, 7) is 7.71. The van der Waals surface area contributed by atoms with Crippen LogP contribution in [0.2, 0.25) is 0 Å². The number of carbonyl (C=O) groups excluding carboxylic acids is 1. The number of nitrogens with one attached hydrogen (secondary N) is 3. The molecule has 0 spiro atoms. The first-order chi connectivity index (χ1) is 14.6. The molecule has 0 saturated heterocycles. The fraction of sp³-hybridized carbons (Fsp3) is 0.391. The molecule has 0 bridgehead atoms. The van der Waals surface area contributed by atoms with Gasteiger partial charge >= 0.3 is 0 Å². The van der Waals surface area contributed by atoms with Crippen molar-refractivity contribution < 1.29 is 14.3 Å². The summed E-state index contributed by atoms with van der Waals surface area (Å²) in [6, 6.07) is 13.4. The number of guanidine groups is 1. The van der Waals surface area contributed by atoms with E-state index in [-0.39, 0.29) is 29.9 Å². The molecule has 170 valence electrons. The number of benzene rings is 2. The zero-order valence-corrected chi connectivity index (χ0v) is 21.0. The molecule has 2 rings (SSSR count). The van der Waals surface area contributed by atoms with Crippen molar-refractivity contribution in [3.63, 3.8) is 0 Å². The standard InChI is InChI=1S/C23H32N4O3.HI/c1-5-9-22(28)26-18-11-8-10-17(14-18)16-25-23(24-6-2)27-19-12-13-20(30-7-3)21(15-19)29-4;/h8,10-15H,5-7,9,16H2,1-4H3,(H,26,28)(H2,24,25,27);1H. The molecule has 0 aliphatic carbocycles. The molecule has 0 radical (unpaired) electrons. The lowest BCUT2D eigenvalue weighted by Gasteiger charge is -2.14. The largest absolute Gasteiger partial charge is 0.493 e.